The van der Waals surface area contributed by atoms with Crippen LogP contribution in [0.3, 0.4) is 0 Å². The van der Waals surface area contributed by atoms with E-state index in [1.54, 1.807) is 6.07 Å². The van der Waals surface area contributed by atoms with Crippen LogP contribution in [0.15, 0.2) is 18.2 Å². The van der Waals surface area contributed by atoms with Gasteiger partial charge in [0.1, 0.15) is 5.75 Å². The highest BCUT2D eigenvalue weighted by Crippen LogP contribution is 2.19. The average molecular weight is 293 g/mol. The molecule has 1 amide bonds. The summed E-state index contributed by atoms with van der Waals surface area (Å²) in [5.41, 5.74) is 2.32. The molecule has 13 heavy (non-hydrogen) atoms. The minimum absolute atomic E-state index is 0.0542. The number of amides is 1. The van der Waals surface area contributed by atoms with Crippen LogP contribution in [0.4, 0.5) is 0 Å². The first-order valence-electron chi connectivity index (χ1n) is 3.47. The van der Waals surface area contributed by atoms with Crippen LogP contribution >= 0.6 is 22.6 Å². The Morgan fingerprint density at radius 2 is 2.31 bits per heavy atom. The second-order valence-corrected chi connectivity index (χ2v) is 3.54. The topological polar surface area (TPSA) is 58.6 Å². The molecule has 70 valence electrons. The van der Waals surface area contributed by atoms with E-state index in [0.717, 1.165) is 3.57 Å². The molecule has 0 fully saturated rings. The molecule has 0 spiro atoms. The van der Waals surface area contributed by atoms with Gasteiger partial charge in [0.2, 0.25) is 0 Å². The summed E-state index contributed by atoms with van der Waals surface area (Å²) in [5, 5.41) is 9.37. The van der Waals surface area contributed by atoms with Crippen molar-refractivity contribution in [3.8, 4) is 5.75 Å². The highest BCUT2D eigenvalue weighted by atomic mass is 127. The molecular weight excluding hydrogens is 285 g/mol. The van der Waals surface area contributed by atoms with Crippen LogP contribution < -0.4 is 5.48 Å². The van der Waals surface area contributed by atoms with E-state index < -0.39 is 5.91 Å². The summed E-state index contributed by atoms with van der Waals surface area (Å²) in [6.07, 6.45) is 0. The third-order valence-corrected chi connectivity index (χ3v) is 2.07. The van der Waals surface area contributed by atoms with Gasteiger partial charge >= 0.3 is 0 Å². The first-order valence-corrected chi connectivity index (χ1v) is 4.55. The number of nitrogens with one attached hydrogen (secondary N) is 1. The molecule has 0 atom stereocenters. The maximum absolute atomic E-state index is 11.2. The third kappa shape index (κ3) is 2.56. The molecule has 1 rings (SSSR count). The van der Waals surface area contributed by atoms with Crippen molar-refractivity contribution < 1.29 is 14.7 Å². The quantitative estimate of drug-likeness (QED) is 0.638. The number of carbonyl (C=O) groups is 1. The minimum Gasteiger partial charge on any atom is -0.507 e. The van der Waals surface area contributed by atoms with E-state index in [9.17, 15) is 9.90 Å². The Morgan fingerprint density at radius 3 is 2.85 bits per heavy atom. The van der Waals surface area contributed by atoms with Crippen LogP contribution in [-0.4, -0.2) is 18.1 Å². The van der Waals surface area contributed by atoms with Crippen molar-refractivity contribution in [2.24, 2.45) is 0 Å². The molecule has 0 saturated heterocycles. The van der Waals surface area contributed by atoms with Crippen LogP contribution in [0.5, 0.6) is 5.75 Å². The van der Waals surface area contributed by atoms with E-state index in [1.165, 1.54) is 19.2 Å². The first kappa shape index (κ1) is 10.3. The Kier molecular flexibility index (Phi) is 3.49. The summed E-state index contributed by atoms with van der Waals surface area (Å²) in [7, 11) is 1.33. The zero-order valence-electron chi connectivity index (χ0n) is 6.87. The van der Waals surface area contributed by atoms with Crippen molar-refractivity contribution >= 4 is 28.5 Å². The molecule has 0 aliphatic carbocycles. The van der Waals surface area contributed by atoms with Crippen molar-refractivity contribution in [1.82, 2.24) is 5.48 Å². The van der Waals surface area contributed by atoms with Crippen molar-refractivity contribution in [1.29, 1.82) is 0 Å². The molecule has 2 N–H and O–H groups in total. The van der Waals surface area contributed by atoms with E-state index >= 15 is 0 Å². The molecular formula is C8H8INO3. The molecule has 0 aliphatic heterocycles. The Hall–Kier alpha value is -0.820. The lowest BCUT2D eigenvalue weighted by atomic mass is 10.2. The second kappa shape index (κ2) is 4.43. The van der Waals surface area contributed by atoms with Gasteiger partial charge in [-0.25, -0.2) is 5.48 Å². The number of hydrogen-bond donors (Lipinski definition) is 2. The van der Waals surface area contributed by atoms with Crippen LogP contribution in [0, 0.1) is 3.57 Å². The van der Waals surface area contributed by atoms with E-state index in [1.807, 2.05) is 22.6 Å². The first-order chi connectivity index (χ1) is 6.15. The van der Waals surface area contributed by atoms with Gasteiger partial charge in [-0.05, 0) is 40.8 Å². The average Bonchev–Trinajstić information content (AvgIpc) is 2.04. The Labute approximate surface area is 89.0 Å². The van der Waals surface area contributed by atoms with Gasteiger partial charge in [-0.2, -0.15) is 0 Å². The van der Waals surface area contributed by atoms with Gasteiger partial charge in [-0.1, -0.05) is 0 Å². The van der Waals surface area contributed by atoms with Crippen molar-refractivity contribution in [3.63, 3.8) is 0 Å². The van der Waals surface area contributed by atoms with Gasteiger partial charge in [0, 0.05) is 3.57 Å². The highest BCUT2D eigenvalue weighted by molar-refractivity contribution is 14.1. The summed E-state index contributed by atoms with van der Waals surface area (Å²) >= 11 is 2.04. The second-order valence-electron chi connectivity index (χ2n) is 2.30. The third-order valence-electron chi connectivity index (χ3n) is 1.40. The zero-order valence-corrected chi connectivity index (χ0v) is 9.03. The fourth-order valence-electron chi connectivity index (χ4n) is 0.844. The number of phenolic OH excluding ortho intramolecular Hbond substituents is 1. The number of phenols is 1. The van der Waals surface area contributed by atoms with Gasteiger partial charge in [0.25, 0.3) is 5.91 Å². The van der Waals surface area contributed by atoms with Crippen LogP contribution in [0.25, 0.3) is 0 Å². The van der Waals surface area contributed by atoms with E-state index in [4.69, 9.17) is 0 Å². The molecule has 4 nitrogen and oxygen atoms in total. The number of halogens is 1. The fourth-order valence-corrected chi connectivity index (χ4v) is 1.32. The molecule has 0 aliphatic rings. The number of aromatic hydroxyl groups is 1. The van der Waals surface area contributed by atoms with E-state index in [2.05, 4.69) is 10.3 Å². The van der Waals surface area contributed by atoms with Crippen LogP contribution in [0.1, 0.15) is 10.4 Å². The molecule has 0 aromatic heterocycles. The van der Waals surface area contributed by atoms with Crippen LogP contribution in [-0.2, 0) is 4.84 Å². The number of hydrogen-bond acceptors (Lipinski definition) is 3. The van der Waals surface area contributed by atoms with E-state index in [-0.39, 0.29) is 11.3 Å². The largest absolute Gasteiger partial charge is 0.507 e. The Bertz CT molecular complexity index is 327. The molecule has 0 heterocycles. The molecule has 0 unspecified atom stereocenters. The zero-order chi connectivity index (χ0) is 9.84. The Balaban J connectivity index is 2.95. The normalized spacial score (nSPS) is 9.69. The van der Waals surface area contributed by atoms with Gasteiger partial charge in [0.05, 0.1) is 12.7 Å². The number of rotatable bonds is 2. The summed E-state index contributed by atoms with van der Waals surface area (Å²) in [5.74, 6) is -0.516. The number of benzene rings is 1. The predicted molar refractivity (Wildman–Crippen MR) is 55.3 cm³/mol. The summed E-state index contributed by atoms with van der Waals surface area (Å²) in [6, 6.07) is 4.77. The number of hydroxylamine groups is 1. The highest BCUT2D eigenvalue weighted by Gasteiger charge is 2.09. The maximum atomic E-state index is 11.2. The van der Waals surface area contributed by atoms with Crippen molar-refractivity contribution in [2.45, 2.75) is 0 Å². The van der Waals surface area contributed by atoms with E-state index in [0.29, 0.717) is 0 Å². The summed E-state index contributed by atoms with van der Waals surface area (Å²) in [6.45, 7) is 0. The van der Waals surface area contributed by atoms with Gasteiger partial charge in [0.15, 0.2) is 0 Å². The SMILES string of the molecule is CONC(=O)c1ccc(I)cc1O. The van der Waals surface area contributed by atoms with Crippen LogP contribution in [0.2, 0.25) is 0 Å². The Morgan fingerprint density at radius 1 is 1.62 bits per heavy atom. The number of carbonyl (C=O) groups excluding carboxylic acids is 1. The summed E-state index contributed by atoms with van der Waals surface area (Å²) in [4.78, 5) is 15.6. The van der Waals surface area contributed by atoms with Crippen molar-refractivity contribution in [3.05, 3.63) is 27.3 Å². The predicted octanol–water partition coefficient (Wildman–Crippen LogP) is 1.29. The molecule has 1 aromatic rings. The maximum Gasteiger partial charge on any atom is 0.278 e. The lowest BCUT2D eigenvalue weighted by Crippen LogP contribution is -2.21. The molecule has 0 bridgehead atoms. The fraction of sp³-hybridized carbons (Fsp3) is 0.125. The standard InChI is InChI=1S/C8H8INO3/c1-13-10-8(12)6-3-2-5(9)4-7(6)11/h2-4,11H,1H3,(H,10,12). The molecule has 0 saturated carbocycles. The molecule has 5 heteroatoms. The lowest BCUT2D eigenvalue weighted by molar-refractivity contribution is 0.0535. The van der Waals surface area contributed by atoms with Crippen molar-refractivity contribution in [2.75, 3.05) is 7.11 Å². The minimum atomic E-state index is -0.462. The van der Waals surface area contributed by atoms with Gasteiger partial charge in [-0.15, -0.1) is 0 Å². The smallest absolute Gasteiger partial charge is 0.278 e. The van der Waals surface area contributed by atoms with Gasteiger partial charge in [-0.3, -0.25) is 9.63 Å². The monoisotopic (exact) mass is 293 g/mol. The summed E-state index contributed by atoms with van der Waals surface area (Å²) < 4.78 is 0.865. The molecule has 1 aromatic carbocycles. The lowest BCUT2D eigenvalue weighted by Gasteiger charge is -2.04. The van der Waals surface area contributed by atoms with Gasteiger partial charge < -0.3 is 5.11 Å². The molecule has 0 radical (unpaired) electrons.